The maximum atomic E-state index is 5.24. The molecule has 0 aliphatic carbocycles. The van der Waals surface area contributed by atoms with Gasteiger partial charge in [0, 0.05) is 27.4 Å². The van der Waals surface area contributed by atoms with Crippen molar-refractivity contribution in [2.45, 2.75) is 13.8 Å². The second kappa shape index (κ2) is 9.41. The van der Waals surface area contributed by atoms with Crippen LogP contribution in [0.4, 0.5) is 0 Å². The lowest BCUT2D eigenvalue weighted by Gasteiger charge is -2.12. The molecule has 0 fully saturated rings. The summed E-state index contributed by atoms with van der Waals surface area (Å²) in [5, 5.41) is 2.50. The van der Waals surface area contributed by atoms with E-state index in [-0.39, 0.29) is 0 Å². The standard InChI is InChI=1S/C37H28N2/c1-24-16-17-36-31(18-24)32-19-25(2)20-33(37(32)39-36)35-15-9-14-34(38-35)30-22-28(26-10-5-3-6-11-26)21-29(23-30)27-12-7-4-8-13-27/h3-23,39H,1-2H3. The summed E-state index contributed by atoms with van der Waals surface area (Å²) in [5.74, 6) is 0. The third kappa shape index (κ3) is 4.30. The highest BCUT2D eigenvalue weighted by Gasteiger charge is 2.14. The Morgan fingerprint density at radius 2 is 1.08 bits per heavy atom. The van der Waals surface area contributed by atoms with Gasteiger partial charge in [-0.05, 0) is 96.3 Å². The molecule has 7 aromatic rings. The normalized spacial score (nSPS) is 11.3. The second-order valence-corrected chi connectivity index (χ2v) is 10.3. The summed E-state index contributed by atoms with van der Waals surface area (Å²) in [6.07, 6.45) is 0. The summed E-state index contributed by atoms with van der Waals surface area (Å²) in [7, 11) is 0. The number of nitrogens with zero attached hydrogens (tertiary/aromatic N) is 1. The number of aryl methyl sites for hydroxylation is 2. The molecule has 0 aliphatic heterocycles. The van der Waals surface area contributed by atoms with Gasteiger partial charge >= 0.3 is 0 Å². The Morgan fingerprint density at radius 1 is 0.462 bits per heavy atom. The van der Waals surface area contributed by atoms with Crippen molar-refractivity contribution in [2.24, 2.45) is 0 Å². The Labute approximate surface area is 228 Å². The Morgan fingerprint density at radius 3 is 1.77 bits per heavy atom. The molecule has 7 rings (SSSR count). The monoisotopic (exact) mass is 500 g/mol. The summed E-state index contributed by atoms with van der Waals surface area (Å²) >= 11 is 0. The molecule has 2 heteroatoms. The van der Waals surface area contributed by atoms with E-state index in [1.54, 1.807) is 0 Å². The lowest BCUT2D eigenvalue weighted by atomic mass is 9.94. The molecule has 0 radical (unpaired) electrons. The predicted molar refractivity (Wildman–Crippen MR) is 165 cm³/mol. The molecule has 0 atom stereocenters. The number of H-pyrrole nitrogens is 1. The zero-order valence-corrected chi connectivity index (χ0v) is 22.1. The van der Waals surface area contributed by atoms with Gasteiger partial charge in [-0.25, -0.2) is 4.98 Å². The number of aromatic nitrogens is 2. The maximum Gasteiger partial charge on any atom is 0.0730 e. The van der Waals surface area contributed by atoms with Gasteiger partial charge in [-0.2, -0.15) is 0 Å². The fourth-order valence-corrected chi connectivity index (χ4v) is 5.58. The van der Waals surface area contributed by atoms with Crippen LogP contribution in [0.3, 0.4) is 0 Å². The molecule has 2 nitrogen and oxygen atoms in total. The molecule has 2 aromatic heterocycles. The van der Waals surface area contributed by atoms with Crippen LogP contribution in [0, 0.1) is 13.8 Å². The van der Waals surface area contributed by atoms with Crippen LogP contribution in [0.5, 0.6) is 0 Å². The van der Waals surface area contributed by atoms with Crippen LogP contribution in [0.25, 0.3) is 66.6 Å². The summed E-state index contributed by atoms with van der Waals surface area (Å²) in [6, 6.07) is 45.4. The molecule has 2 heterocycles. The van der Waals surface area contributed by atoms with E-state index < -0.39 is 0 Å². The number of rotatable bonds is 4. The number of fused-ring (bicyclic) bond motifs is 3. The van der Waals surface area contributed by atoms with E-state index in [0.717, 1.165) is 33.5 Å². The number of pyridine rings is 1. The molecule has 5 aromatic carbocycles. The van der Waals surface area contributed by atoms with E-state index in [9.17, 15) is 0 Å². The van der Waals surface area contributed by atoms with Crippen LogP contribution in [0.2, 0.25) is 0 Å². The lowest BCUT2D eigenvalue weighted by molar-refractivity contribution is 1.32. The van der Waals surface area contributed by atoms with Gasteiger partial charge in [0.15, 0.2) is 0 Å². The average molecular weight is 501 g/mol. The molecular weight excluding hydrogens is 472 g/mol. The molecule has 0 spiro atoms. The molecule has 186 valence electrons. The summed E-state index contributed by atoms with van der Waals surface area (Å²) in [5.41, 5.74) is 13.7. The summed E-state index contributed by atoms with van der Waals surface area (Å²) in [4.78, 5) is 8.92. The third-order valence-electron chi connectivity index (χ3n) is 7.48. The van der Waals surface area contributed by atoms with Gasteiger partial charge in [0.05, 0.1) is 16.9 Å². The van der Waals surface area contributed by atoms with E-state index in [1.165, 1.54) is 44.2 Å². The Hall–Kier alpha value is -4.95. The van der Waals surface area contributed by atoms with Crippen molar-refractivity contribution in [3.05, 3.63) is 139 Å². The topological polar surface area (TPSA) is 28.7 Å². The van der Waals surface area contributed by atoms with Crippen LogP contribution >= 0.6 is 0 Å². The minimum atomic E-state index is 0.962. The first kappa shape index (κ1) is 23.2. The van der Waals surface area contributed by atoms with Crippen LogP contribution in [0.1, 0.15) is 11.1 Å². The van der Waals surface area contributed by atoms with Crippen molar-refractivity contribution < 1.29 is 0 Å². The average Bonchev–Trinajstić information content (AvgIpc) is 3.35. The molecule has 0 aliphatic rings. The molecule has 39 heavy (non-hydrogen) atoms. The first-order valence-corrected chi connectivity index (χ1v) is 13.4. The van der Waals surface area contributed by atoms with Gasteiger partial charge in [0.2, 0.25) is 0 Å². The fraction of sp³-hybridized carbons (Fsp3) is 0.0541. The summed E-state index contributed by atoms with van der Waals surface area (Å²) in [6.45, 7) is 4.31. The number of nitrogens with one attached hydrogen (secondary N) is 1. The molecular formula is C37H28N2. The van der Waals surface area contributed by atoms with Gasteiger partial charge in [-0.1, -0.05) is 78.4 Å². The minimum absolute atomic E-state index is 0.962. The Kier molecular flexibility index (Phi) is 5.60. The first-order valence-electron chi connectivity index (χ1n) is 13.4. The zero-order chi connectivity index (χ0) is 26.3. The number of hydrogen-bond acceptors (Lipinski definition) is 1. The van der Waals surface area contributed by atoms with Crippen molar-refractivity contribution in [1.29, 1.82) is 0 Å². The highest BCUT2D eigenvalue weighted by atomic mass is 14.7. The van der Waals surface area contributed by atoms with Crippen LogP contribution in [-0.4, -0.2) is 9.97 Å². The highest BCUT2D eigenvalue weighted by molar-refractivity contribution is 6.12. The Balaban J connectivity index is 1.41. The van der Waals surface area contributed by atoms with Crippen molar-refractivity contribution in [3.63, 3.8) is 0 Å². The van der Waals surface area contributed by atoms with Gasteiger partial charge in [0.1, 0.15) is 0 Å². The number of hydrogen-bond donors (Lipinski definition) is 1. The predicted octanol–water partition coefficient (Wildman–Crippen LogP) is 10.0. The van der Waals surface area contributed by atoms with Gasteiger partial charge < -0.3 is 4.98 Å². The van der Waals surface area contributed by atoms with Gasteiger partial charge in [-0.15, -0.1) is 0 Å². The van der Waals surface area contributed by atoms with E-state index >= 15 is 0 Å². The number of benzene rings is 5. The maximum absolute atomic E-state index is 5.24. The van der Waals surface area contributed by atoms with Crippen molar-refractivity contribution in [2.75, 3.05) is 0 Å². The molecule has 0 bridgehead atoms. The van der Waals surface area contributed by atoms with E-state index in [4.69, 9.17) is 4.98 Å². The largest absolute Gasteiger partial charge is 0.354 e. The third-order valence-corrected chi connectivity index (χ3v) is 7.48. The van der Waals surface area contributed by atoms with Crippen molar-refractivity contribution in [1.82, 2.24) is 9.97 Å². The molecule has 0 saturated carbocycles. The van der Waals surface area contributed by atoms with Gasteiger partial charge in [-0.3, -0.25) is 0 Å². The van der Waals surface area contributed by atoms with Crippen LogP contribution < -0.4 is 0 Å². The van der Waals surface area contributed by atoms with Crippen LogP contribution in [-0.2, 0) is 0 Å². The number of aromatic amines is 1. The van der Waals surface area contributed by atoms with Crippen molar-refractivity contribution >= 4 is 21.8 Å². The quantitative estimate of drug-likeness (QED) is 0.256. The Bertz CT molecular complexity index is 1910. The highest BCUT2D eigenvalue weighted by Crippen LogP contribution is 2.36. The van der Waals surface area contributed by atoms with Crippen molar-refractivity contribution in [3.8, 4) is 44.8 Å². The van der Waals surface area contributed by atoms with E-state index in [1.807, 2.05) is 0 Å². The summed E-state index contributed by atoms with van der Waals surface area (Å²) < 4.78 is 0. The van der Waals surface area contributed by atoms with Gasteiger partial charge in [0.25, 0.3) is 0 Å². The molecule has 0 amide bonds. The zero-order valence-electron chi connectivity index (χ0n) is 22.1. The fourth-order valence-electron chi connectivity index (χ4n) is 5.58. The molecule has 0 saturated heterocycles. The molecule has 1 N–H and O–H groups in total. The molecule has 0 unspecified atom stereocenters. The van der Waals surface area contributed by atoms with E-state index in [2.05, 4.69) is 146 Å². The first-order chi connectivity index (χ1) is 19.1. The lowest BCUT2D eigenvalue weighted by Crippen LogP contribution is -1.91. The van der Waals surface area contributed by atoms with E-state index in [0.29, 0.717) is 0 Å². The second-order valence-electron chi connectivity index (χ2n) is 10.3. The smallest absolute Gasteiger partial charge is 0.0730 e. The SMILES string of the molecule is Cc1ccc2[nH]c3c(-c4cccc(-c5cc(-c6ccccc6)cc(-c6ccccc6)c5)n4)cc(C)cc3c2c1. The van der Waals surface area contributed by atoms with Crippen LogP contribution in [0.15, 0.2) is 127 Å². The minimum Gasteiger partial charge on any atom is -0.354 e.